The van der Waals surface area contributed by atoms with Crippen LogP contribution in [0.2, 0.25) is 0 Å². The third-order valence-electron chi connectivity index (χ3n) is 5.91. The molecule has 0 saturated heterocycles. The molecule has 0 fully saturated rings. The maximum Gasteiger partial charge on any atom is 0.261 e. The van der Waals surface area contributed by atoms with Gasteiger partial charge in [-0.1, -0.05) is 29.8 Å². The molecule has 1 aliphatic heterocycles. The van der Waals surface area contributed by atoms with Gasteiger partial charge in [0, 0.05) is 30.4 Å². The molecule has 0 N–H and O–H groups in total. The summed E-state index contributed by atoms with van der Waals surface area (Å²) in [6.45, 7) is 4.10. The van der Waals surface area contributed by atoms with Gasteiger partial charge in [0.2, 0.25) is 0 Å². The molecule has 0 aromatic heterocycles. The topological polar surface area (TPSA) is 76.2 Å². The van der Waals surface area contributed by atoms with Crippen LogP contribution in [0.5, 0.6) is 11.5 Å². The van der Waals surface area contributed by atoms with E-state index in [0.717, 1.165) is 11.1 Å². The number of hydrogen-bond acceptors (Lipinski definition) is 5. The molecular formula is C27H26N2O5. The molecule has 3 aromatic carbocycles. The normalized spacial score (nSPS) is 12.5. The summed E-state index contributed by atoms with van der Waals surface area (Å²) in [5, 5.41) is 0. The average Bonchev–Trinajstić information content (AvgIpc) is 3.09. The Morgan fingerprint density at radius 2 is 1.44 bits per heavy atom. The zero-order valence-corrected chi connectivity index (χ0v) is 19.6. The number of methoxy groups -OCH3 is 2. The number of fused-ring (bicyclic) bond motifs is 1. The minimum absolute atomic E-state index is 0.0620. The predicted molar refractivity (Wildman–Crippen MR) is 129 cm³/mol. The van der Waals surface area contributed by atoms with Crippen molar-refractivity contribution >= 4 is 23.4 Å². The van der Waals surface area contributed by atoms with Crippen LogP contribution in [0.15, 0.2) is 60.7 Å². The van der Waals surface area contributed by atoms with Gasteiger partial charge in [-0.3, -0.25) is 19.3 Å². The molecule has 0 unspecified atom stereocenters. The van der Waals surface area contributed by atoms with Crippen molar-refractivity contribution in [3.8, 4) is 11.5 Å². The molecule has 0 spiro atoms. The van der Waals surface area contributed by atoms with Gasteiger partial charge in [-0.25, -0.2) is 0 Å². The third-order valence-corrected chi connectivity index (χ3v) is 5.91. The summed E-state index contributed by atoms with van der Waals surface area (Å²) in [5.41, 5.74) is 3.82. The molecule has 34 heavy (non-hydrogen) atoms. The molecule has 1 aliphatic rings. The fourth-order valence-electron chi connectivity index (χ4n) is 4.17. The van der Waals surface area contributed by atoms with Gasteiger partial charge < -0.3 is 14.4 Å². The van der Waals surface area contributed by atoms with E-state index in [9.17, 15) is 14.4 Å². The molecule has 7 nitrogen and oxygen atoms in total. The summed E-state index contributed by atoms with van der Waals surface area (Å²) in [6, 6.07) is 17.5. The maximum absolute atomic E-state index is 13.7. The Balaban J connectivity index is 1.68. The van der Waals surface area contributed by atoms with E-state index in [2.05, 4.69) is 0 Å². The number of ether oxygens (including phenoxy) is 2. The van der Waals surface area contributed by atoms with Gasteiger partial charge in [-0.05, 0) is 49.7 Å². The molecule has 3 aromatic rings. The lowest BCUT2D eigenvalue weighted by atomic mass is 10.1. The zero-order valence-electron chi connectivity index (χ0n) is 19.6. The lowest BCUT2D eigenvalue weighted by Crippen LogP contribution is -2.41. The van der Waals surface area contributed by atoms with Crippen LogP contribution in [0.1, 0.15) is 42.2 Å². The van der Waals surface area contributed by atoms with Crippen LogP contribution in [-0.4, -0.2) is 49.9 Å². The van der Waals surface area contributed by atoms with Crippen molar-refractivity contribution in [1.82, 2.24) is 4.90 Å². The van der Waals surface area contributed by atoms with Crippen LogP contribution in [0.3, 0.4) is 0 Å². The van der Waals surface area contributed by atoms with E-state index in [0.29, 0.717) is 33.9 Å². The van der Waals surface area contributed by atoms with E-state index in [1.165, 1.54) is 19.1 Å². The predicted octanol–water partition coefficient (Wildman–Crippen LogP) is 4.26. The first-order chi connectivity index (χ1) is 16.3. The third kappa shape index (κ3) is 4.24. The highest BCUT2D eigenvalue weighted by molar-refractivity contribution is 6.21. The molecule has 3 amide bonds. The van der Waals surface area contributed by atoms with Gasteiger partial charge in [-0.15, -0.1) is 0 Å². The van der Waals surface area contributed by atoms with E-state index >= 15 is 0 Å². The first-order valence-electron chi connectivity index (χ1n) is 10.9. The van der Waals surface area contributed by atoms with Gasteiger partial charge in [0.1, 0.15) is 11.5 Å². The number of imide groups is 1. The van der Waals surface area contributed by atoms with E-state index in [1.54, 1.807) is 47.4 Å². The van der Waals surface area contributed by atoms with Crippen molar-refractivity contribution in [1.29, 1.82) is 0 Å². The van der Waals surface area contributed by atoms with Crippen molar-refractivity contribution in [3.63, 3.8) is 0 Å². The smallest absolute Gasteiger partial charge is 0.261 e. The number of nitrogens with zero attached hydrogens (tertiary/aromatic N) is 2. The Morgan fingerprint density at radius 1 is 0.853 bits per heavy atom. The highest BCUT2D eigenvalue weighted by Gasteiger charge is 2.35. The number of carbonyl (C=O) groups excluding carboxylic acids is 3. The van der Waals surface area contributed by atoms with Gasteiger partial charge in [-0.2, -0.15) is 0 Å². The fraction of sp³-hybridized carbons (Fsp3) is 0.222. The fourth-order valence-corrected chi connectivity index (χ4v) is 4.17. The highest BCUT2D eigenvalue weighted by atomic mass is 16.5. The first kappa shape index (κ1) is 23.0. The number of anilines is 1. The molecule has 1 heterocycles. The molecule has 0 radical (unpaired) electrons. The molecule has 0 aliphatic carbocycles. The van der Waals surface area contributed by atoms with Crippen molar-refractivity contribution in [2.75, 3.05) is 32.2 Å². The van der Waals surface area contributed by atoms with E-state index in [1.807, 2.05) is 32.0 Å². The Morgan fingerprint density at radius 3 is 1.97 bits per heavy atom. The van der Waals surface area contributed by atoms with Crippen LogP contribution in [0.4, 0.5) is 5.69 Å². The van der Waals surface area contributed by atoms with Crippen LogP contribution >= 0.6 is 0 Å². The minimum atomic E-state index is -0.350. The second-order valence-electron chi connectivity index (χ2n) is 8.16. The van der Waals surface area contributed by atoms with Crippen LogP contribution < -0.4 is 14.4 Å². The summed E-state index contributed by atoms with van der Waals surface area (Å²) in [7, 11) is 3.04. The number of aryl methyl sites for hydroxylation is 2. The largest absolute Gasteiger partial charge is 0.497 e. The second-order valence-corrected chi connectivity index (χ2v) is 8.16. The number of amides is 3. The Kier molecular flexibility index (Phi) is 6.36. The lowest BCUT2D eigenvalue weighted by Gasteiger charge is -2.27. The maximum atomic E-state index is 13.7. The Hall–Kier alpha value is -4.13. The molecular weight excluding hydrogens is 432 g/mol. The van der Waals surface area contributed by atoms with Crippen LogP contribution in [-0.2, 0) is 0 Å². The van der Waals surface area contributed by atoms with E-state index < -0.39 is 0 Å². The molecule has 0 saturated carbocycles. The van der Waals surface area contributed by atoms with E-state index in [-0.39, 0.29) is 30.8 Å². The minimum Gasteiger partial charge on any atom is -0.497 e. The van der Waals surface area contributed by atoms with Gasteiger partial charge in [0.25, 0.3) is 17.7 Å². The molecule has 174 valence electrons. The summed E-state index contributed by atoms with van der Waals surface area (Å²) >= 11 is 0. The summed E-state index contributed by atoms with van der Waals surface area (Å²) in [5.74, 6) is -0.0126. The summed E-state index contributed by atoms with van der Waals surface area (Å²) in [4.78, 5) is 42.2. The first-order valence-corrected chi connectivity index (χ1v) is 10.9. The van der Waals surface area contributed by atoms with Crippen molar-refractivity contribution in [2.45, 2.75) is 13.8 Å². The number of carbonyl (C=O) groups is 3. The van der Waals surface area contributed by atoms with Crippen LogP contribution in [0, 0.1) is 13.8 Å². The monoisotopic (exact) mass is 458 g/mol. The number of benzene rings is 3. The summed E-state index contributed by atoms with van der Waals surface area (Å²) < 4.78 is 10.7. The van der Waals surface area contributed by atoms with Gasteiger partial charge >= 0.3 is 0 Å². The Bertz CT molecular complexity index is 1230. The van der Waals surface area contributed by atoms with E-state index in [4.69, 9.17) is 9.47 Å². The summed E-state index contributed by atoms with van der Waals surface area (Å²) in [6.07, 6.45) is 0. The molecule has 7 heteroatoms. The molecule has 0 atom stereocenters. The van der Waals surface area contributed by atoms with Gasteiger partial charge in [0.15, 0.2) is 0 Å². The van der Waals surface area contributed by atoms with Crippen molar-refractivity contribution in [3.05, 3.63) is 88.5 Å². The van der Waals surface area contributed by atoms with Gasteiger partial charge in [0.05, 0.1) is 25.3 Å². The second kappa shape index (κ2) is 9.39. The highest BCUT2D eigenvalue weighted by Crippen LogP contribution is 2.28. The molecule has 4 rings (SSSR count). The lowest BCUT2D eigenvalue weighted by molar-refractivity contribution is 0.0654. The SMILES string of the molecule is COc1cc(OC)cc(C(=O)N(CCN2C(=O)c3ccccc3C2=O)c2ccc(C)cc2C)c1. The average molecular weight is 459 g/mol. The van der Waals surface area contributed by atoms with Crippen molar-refractivity contribution in [2.24, 2.45) is 0 Å². The quantitative estimate of drug-likeness (QED) is 0.495. The standard InChI is InChI=1S/C27H26N2O5/c1-17-9-10-24(18(2)13-17)28(25(30)19-14-20(33-3)16-21(15-19)34-4)11-12-29-26(31)22-7-5-6-8-23(22)27(29)32/h5-10,13-16H,11-12H2,1-4H3. The van der Waals surface area contributed by atoms with Crippen molar-refractivity contribution < 1.29 is 23.9 Å². The van der Waals surface area contributed by atoms with Crippen LogP contribution in [0.25, 0.3) is 0 Å². The Labute approximate surface area is 198 Å². The zero-order chi connectivity index (χ0) is 24.4. The number of hydrogen-bond donors (Lipinski definition) is 0. The number of rotatable bonds is 7. The molecule has 0 bridgehead atoms.